The van der Waals surface area contributed by atoms with E-state index in [2.05, 4.69) is 4.98 Å². The topological polar surface area (TPSA) is 59.4 Å². The Balaban J connectivity index is 1.70. The van der Waals surface area contributed by atoms with Gasteiger partial charge in [0.2, 0.25) is 0 Å². The summed E-state index contributed by atoms with van der Waals surface area (Å²) < 4.78 is 58.0. The van der Waals surface area contributed by atoms with E-state index in [9.17, 15) is 27.5 Å². The zero-order chi connectivity index (χ0) is 23.8. The number of carbonyl (C=O) groups excluding carboxylic acids is 1. The number of ketones is 1. The number of pyridine rings is 1. The minimum absolute atomic E-state index is 0.0539. The molecule has 1 N–H and O–H groups in total. The van der Waals surface area contributed by atoms with Gasteiger partial charge >= 0.3 is 6.18 Å². The number of allylic oxidation sites excluding steroid dienone is 2. The summed E-state index contributed by atoms with van der Waals surface area (Å²) in [6, 6.07) is 5.11. The third-order valence-electron chi connectivity index (χ3n) is 6.57. The fourth-order valence-corrected chi connectivity index (χ4v) is 4.77. The number of nitrogens with zero attached hydrogens (tertiary/aromatic N) is 1. The first-order chi connectivity index (χ1) is 15.7. The van der Waals surface area contributed by atoms with Gasteiger partial charge in [-0.05, 0) is 73.3 Å². The summed E-state index contributed by atoms with van der Waals surface area (Å²) in [7, 11) is 0. The number of aliphatic hydroxyl groups excluding tert-OH is 1. The molecule has 2 bridgehead atoms. The van der Waals surface area contributed by atoms with Gasteiger partial charge in [-0.3, -0.25) is 4.79 Å². The summed E-state index contributed by atoms with van der Waals surface area (Å²) in [6.45, 7) is 1.91. The van der Waals surface area contributed by atoms with E-state index in [1.807, 2.05) is 6.92 Å². The number of aryl methyl sites for hydroxylation is 1. The Hall–Kier alpha value is -2.90. The first kappa shape index (κ1) is 23.3. The van der Waals surface area contributed by atoms with Gasteiger partial charge in [-0.1, -0.05) is 13.0 Å². The summed E-state index contributed by atoms with van der Waals surface area (Å²) in [5.41, 5.74) is 0.364. The molecule has 3 aliphatic carbocycles. The Labute approximate surface area is 189 Å². The number of rotatable bonds is 4. The number of hydrogen-bond acceptors (Lipinski definition) is 4. The van der Waals surface area contributed by atoms with Crippen LogP contribution in [0.25, 0.3) is 5.57 Å². The van der Waals surface area contributed by atoms with Gasteiger partial charge in [0.05, 0.1) is 11.1 Å². The third-order valence-corrected chi connectivity index (χ3v) is 6.57. The predicted octanol–water partition coefficient (Wildman–Crippen LogP) is 7.03. The fraction of sp³-hybridized carbons (Fsp3) is 0.440. The highest BCUT2D eigenvalue weighted by Crippen LogP contribution is 2.40. The molecule has 3 aliphatic rings. The Kier molecular flexibility index (Phi) is 6.45. The molecule has 1 aromatic carbocycles. The number of ether oxygens (including phenoxy) is 1. The van der Waals surface area contributed by atoms with E-state index in [1.54, 1.807) is 12.1 Å². The lowest BCUT2D eigenvalue weighted by atomic mass is 9.79. The van der Waals surface area contributed by atoms with Crippen molar-refractivity contribution in [2.75, 3.05) is 0 Å². The molecule has 33 heavy (non-hydrogen) atoms. The second-order valence-electron chi connectivity index (χ2n) is 8.82. The lowest BCUT2D eigenvalue weighted by molar-refractivity contribution is -0.138. The molecule has 0 aliphatic heterocycles. The molecule has 0 atom stereocenters. The number of Topliss-reactive ketones (excluding diaryl/α,β-unsaturated/α-hetero) is 1. The van der Waals surface area contributed by atoms with Crippen LogP contribution >= 0.6 is 0 Å². The summed E-state index contributed by atoms with van der Waals surface area (Å²) in [4.78, 5) is 16.7. The molecule has 1 saturated carbocycles. The zero-order valence-corrected chi connectivity index (χ0v) is 18.2. The minimum Gasteiger partial charge on any atom is -0.512 e. The van der Waals surface area contributed by atoms with E-state index < -0.39 is 23.4 Å². The SMILES string of the molecule is CCc1ccc(Oc2ncc(C(F)(F)F)cc2F)cc1C1=C(O)CC2CCC(CC2)CC1=O. The average molecular weight is 463 g/mol. The van der Waals surface area contributed by atoms with Crippen molar-refractivity contribution in [2.24, 2.45) is 11.8 Å². The van der Waals surface area contributed by atoms with Crippen LogP contribution in [0.4, 0.5) is 17.6 Å². The first-order valence-electron chi connectivity index (χ1n) is 11.1. The van der Waals surface area contributed by atoms with Crippen LogP contribution in [0.2, 0.25) is 0 Å². The molecule has 0 saturated heterocycles. The number of fused-ring (bicyclic) bond motifs is 5. The number of halogens is 4. The third kappa shape index (κ3) is 5.04. The van der Waals surface area contributed by atoms with Crippen molar-refractivity contribution >= 4 is 11.4 Å². The van der Waals surface area contributed by atoms with Gasteiger partial charge in [0.1, 0.15) is 11.5 Å². The van der Waals surface area contributed by atoms with Crippen LogP contribution in [-0.4, -0.2) is 15.9 Å². The molecule has 176 valence electrons. The van der Waals surface area contributed by atoms with Gasteiger partial charge < -0.3 is 9.84 Å². The summed E-state index contributed by atoms with van der Waals surface area (Å²) in [5, 5.41) is 10.9. The van der Waals surface area contributed by atoms with Crippen molar-refractivity contribution in [3.63, 3.8) is 0 Å². The molecule has 0 spiro atoms. The number of hydrogen-bond donors (Lipinski definition) is 1. The number of aromatic nitrogens is 1. The lowest BCUT2D eigenvalue weighted by Gasteiger charge is -2.26. The first-order valence-corrected chi connectivity index (χ1v) is 11.1. The molecule has 1 fully saturated rings. The highest BCUT2D eigenvalue weighted by atomic mass is 19.4. The second-order valence-corrected chi connectivity index (χ2v) is 8.82. The Morgan fingerprint density at radius 2 is 1.76 bits per heavy atom. The number of alkyl halides is 3. The van der Waals surface area contributed by atoms with Gasteiger partial charge in [0.25, 0.3) is 5.88 Å². The van der Waals surface area contributed by atoms with Crippen molar-refractivity contribution < 1.29 is 32.2 Å². The molecule has 5 rings (SSSR count). The smallest absolute Gasteiger partial charge is 0.417 e. The van der Waals surface area contributed by atoms with Gasteiger partial charge in [-0.25, -0.2) is 9.37 Å². The monoisotopic (exact) mass is 463 g/mol. The number of benzene rings is 1. The van der Waals surface area contributed by atoms with E-state index in [-0.39, 0.29) is 22.9 Å². The van der Waals surface area contributed by atoms with Gasteiger partial charge in [-0.15, -0.1) is 0 Å². The maximum Gasteiger partial charge on any atom is 0.417 e. The molecule has 0 radical (unpaired) electrons. The molecule has 0 amide bonds. The Morgan fingerprint density at radius 1 is 1.09 bits per heavy atom. The van der Waals surface area contributed by atoms with E-state index >= 15 is 0 Å². The summed E-state index contributed by atoms with van der Waals surface area (Å²) >= 11 is 0. The Bertz CT molecular complexity index is 1090. The van der Waals surface area contributed by atoms with Gasteiger partial charge in [-0.2, -0.15) is 13.2 Å². The predicted molar refractivity (Wildman–Crippen MR) is 114 cm³/mol. The van der Waals surface area contributed by atoms with Crippen LogP contribution in [0.15, 0.2) is 36.2 Å². The molecular weight excluding hydrogens is 438 g/mol. The number of carbonyl (C=O) groups is 1. The van der Waals surface area contributed by atoms with E-state index in [0.717, 1.165) is 31.2 Å². The van der Waals surface area contributed by atoms with Crippen molar-refractivity contribution in [3.8, 4) is 11.6 Å². The van der Waals surface area contributed by atoms with E-state index in [4.69, 9.17) is 4.74 Å². The van der Waals surface area contributed by atoms with Crippen LogP contribution < -0.4 is 4.74 Å². The summed E-state index contributed by atoms with van der Waals surface area (Å²) in [5.74, 6) is -1.19. The molecule has 8 heteroatoms. The Morgan fingerprint density at radius 3 is 2.36 bits per heavy atom. The van der Waals surface area contributed by atoms with Crippen LogP contribution in [0, 0.1) is 17.7 Å². The van der Waals surface area contributed by atoms with Crippen LogP contribution in [0.1, 0.15) is 62.1 Å². The van der Waals surface area contributed by atoms with Crippen molar-refractivity contribution in [2.45, 2.75) is 58.0 Å². The zero-order valence-electron chi connectivity index (χ0n) is 18.2. The van der Waals surface area contributed by atoms with Gasteiger partial charge in [0, 0.05) is 19.0 Å². The standard InChI is InChI=1S/C25H25F4NO3/c1-2-16-7-8-18(33-24-20(26)11-17(13-30-24)25(27,28)29)12-19(16)23-21(31)9-14-3-4-15(6-5-14)10-22(23)32/h7-8,11-15,31H,2-6,9-10H2,1H3. The molecule has 4 nitrogen and oxygen atoms in total. The van der Waals surface area contributed by atoms with Crippen LogP contribution in [-0.2, 0) is 17.4 Å². The highest BCUT2D eigenvalue weighted by molar-refractivity contribution is 6.21. The summed E-state index contributed by atoms with van der Waals surface area (Å²) in [6.07, 6.45) is 1.07. The quantitative estimate of drug-likeness (QED) is 0.495. The van der Waals surface area contributed by atoms with E-state index in [1.165, 1.54) is 6.07 Å². The minimum atomic E-state index is -4.72. The fourth-order valence-electron chi connectivity index (χ4n) is 4.77. The van der Waals surface area contributed by atoms with Crippen LogP contribution in [0.5, 0.6) is 11.6 Å². The average Bonchev–Trinajstić information content (AvgIpc) is 2.85. The molecule has 0 unspecified atom stereocenters. The molecule has 1 heterocycles. The highest BCUT2D eigenvalue weighted by Gasteiger charge is 2.33. The van der Waals surface area contributed by atoms with Gasteiger partial charge in [0.15, 0.2) is 11.6 Å². The maximum atomic E-state index is 14.2. The van der Waals surface area contributed by atoms with Crippen LogP contribution in [0.3, 0.4) is 0 Å². The number of aliphatic hydroxyl groups is 1. The van der Waals surface area contributed by atoms with Crippen molar-refractivity contribution in [1.82, 2.24) is 4.98 Å². The molecular formula is C25H25F4NO3. The largest absolute Gasteiger partial charge is 0.512 e. The second kappa shape index (κ2) is 9.15. The normalized spacial score (nSPS) is 21.5. The van der Waals surface area contributed by atoms with E-state index in [0.29, 0.717) is 48.9 Å². The maximum absolute atomic E-state index is 14.2. The lowest BCUT2D eigenvalue weighted by Crippen LogP contribution is -2.15. The molecule has 1 aromatic heterocycles. The molecule has 2 aromatic rings. The van der Waals surface area contributed by atoms with Crippen molar-refractivity contribution in [1.29, 1.82) is 0 Å². The van der Waals surface area contributed by atoms with Crippen molar-refractivity contribution in [3.05, 3.63) is 58.7 Å².